The zero-order chi connectivity index (χ0) is 19.1. The number of carbonyl (C=O) groups is 1. The lowest BCUT2D eigenvalue weighted by atomic mass is 10.1. The second-order valence-corrected chi connectivity index (χ2v) is 6.06. The summed E-state index contributed by atoms with van der Waals surface area (Å²) in [5.41, 5.74) is 12.1. The minimum Gasteiger partial charge on any atom is -0.489 e. The van der Waals surface area contributed by atoms with Crippen molar-refractivity contribution in [3.05, 3.63) is 95.6 Å². The number of carbonyl (C=O) groups excluding carboxylic acids is 1. The number of nitrogens with zero attached hydrogens (tertiary/aromatic N) is 1. The Morgan fingerprint density at radius 3 is 2.41 bits per heavy atom. The molecule has 5 nitrogen and oxygen atoms in total. The molecule has 0 saturated carbocycles. The molecule has 0 atom stereocenters. The Balaban J connectivity index is 1.58. The molecule has 5 heteroatoms. The summed E-state index contributed by atoms with van der Waals surface area (Å²) >= 11 is 0. The van der Waals surface area contributed by atoms with Gasteiger partial charge in [-0.05, 0) is 54.4 Å². The Morgan fingerprint density at radius 2 is 1.70 bits per heavy atom. The number of nitrogen functional groups attached to an aromatic ring is 1. The Kier molecular flexibility index (Phi) is 5.84. The number of hydrazone groups is 1. The van der Waals surface area contributed by atoms with Gasteiger partial charge in [0.1, 0.15) is 12.4 Å². The molecular formula is C22H21N3O2. The van der Waals surface area contributed by atoms with Crippen molar-refractivity contribution in [1.82, 2.24) is 5.43 Å². The average Bonchev–Trinajstić information content (AvgIpc) is 2.71. The van der Waals surface area contributed by atoms with E-state index in [4.69, 9.17) is 10.5 Å². The Hall–Kier alpha value is -3.60. The van der Waals surface area contributed by atoms with Gasteiger partial charge in [-0.2, -0.15) is 5.10 Å². The first-order valence-corrected chi connectivity index (χ1v) is 8.59. The van der Waals surface area contributed by atoms with E-state index in [0.717, 1.165) is 11.1 Å². The van der Waals surface area contributed by atoms with Gasteiger partial charge in [-0.25, -0.2) is 5.43 Å². The Bertz CT molecular complexity index is 935. The van der Waals surface area contributed by atoms with E-state index in [1.807, 2.05) is 55.5 Å². The van der Waals surface area contributed by atoms with Gasteiger partial charge in [0, 0.05) is 11.3 Å². The molecule has 0 bridgehead atoms. The molecule has 0 saturated heterocycles. The second-order valence-electron chi connectivity index (χ2n) is 6.06. The van der Waals surface area contributed by atoms with Gasteiger partial charge in [0.2, 0.25) is 0 Å². The minimum atomic E-state index is -0.284. The molecule has 0 aliphatic rings. The molecule has 27 heavy (non-hydrogen) atoms. The molecular weight excluding hydrogens is 338 g/mol. The van der Waals surface area contributed by atoms with Gasteiger partial charge in [0.25, 0.3) is 5.91 Å². The summed E-state index contributed by atoms with van der Waals surface area (Å²) in [5.74, 6) is 0.419. The molecule has 3 rings (SSSR count). The number of benzene rings is 3. The molecule has 0 fully saturated rings. The number of hydrogen-bond acceptors (Lipinski definition) is 4. The van der Waals surface area contributed by atoms with Gasteiger partial charge in [0.15, 0.2) is 0 Å². The van der Waals surface area contributed by atoms with Crippen LogP contribution < -0.4 is 15.9 Å². The number of amides is 1. The summed E-state index contributed by atoms with van der Waals surface area (Å²) in [6.07, 6.45) is 0. The summed E-state index contributed by atoms with van der Waals surface area (Å²) in [4.78, 5) is 12.3. The molecule has 136 valence electrons. The first kappa shape index (κ1) is 18.2. The molecule has 3 N–H and O–H groups in total. The Labute approximate surface area is 158 Å². The van der Waals surface area contributed by atoms with E-state index in [9.17, 15) is 4.79 Å². The van der Waals surface area contributed by atoms with Gasteiger partial charge < -0.3 is 10.5 Å². The minimum absolute atomic E-state index is 0.284. The number of anilines is 1. The van der Waals surface area contributed by atoms with Crippen LogP contribution in [-0.4, -0.2) is 11.6 Å². The van der Waals surface area contributed by atoms with Crippen molar-refractivity contribution < 1.29 is 9.53 Å². The van der Waals surface area contributed by atoms with Crippen molar-refractivity contribution in [3.63, 3.8) is 0 Å². The van der Waals surface area contributed by atoms with E-state index in [1.165, 1.54) is 0 Å². The van der Waals surface area contributed by atoms with Crippen molar-refractivity contribution in [3.8, 4) is 5.75 Å². The third-order valence-corrected chi connectivity index (χ3v) is 3.99. The highest BCUT2D eigenvalue weighted by molar-refractivity contribution is 6.01. The fourth-order valence-electron chi connectivity index (χ4n) is 2.47. The van der Waals surface area contributed by atoms with E-state index in [-0.39, 0.29) is 5.91 Å². The van der Waals surface area contributed by atoms with E-state index in [2.05, 4.69) is 10.5 Å². The zero-order valence-corrected chi connectivity index (χ0v) is 15.1. The molecule has 3 aromatic carbocycles. The molecule has 1 amide bonds. The molecule has 0 spiro atoms. The van der Waals surface area contributed by atoms with E-state index >= 15 is 0 Å². The normalized spacial score (nSPS) is 11.1. The van der Waals surface area contributed by atoms with Crippen molar-refractivity contribution >= 4 is 17.3 Å². The lowest BCUT2D eigenvalue weighted by Crippen LogP contribution is -2.19. The smallest absolute Gasteiger partial charge is 0.271 e. The van der Waals surface area contributed by atoms with Crippen molar-refractivity contribution in [2.24, 2.45) is 5.10 Å². The number of ether oxygens (including phenoxy) is 1. The molecule has 0 heterocycles. The van der Waals surface area contributed by atoms with E-state index < -0.39 is 0 Å². The topological polar surface area (TPSA) is 76.7 Å². The van der Waals surface area contributed by atoms with Crippen LogP contribution in [0.3, 0.4) is 0 Å². The quantitative estimate of drug-likeness (QED) is 0.397. The zero-order valence-electron chi connectivity index (χ0n) is 15.1. The predicted octanol–water partition coefficient (Wildman–Crippen LogP) is 4.00. The fraction of sp³-hybridized carbons (Fsp3) is 0.0909. The first-order chi connectivity index (χ1) is 13.1. The van der Waals surface area contributed by atoms with Crippen LogP contribution in [0.1, 0.15) is 28.4 Å². The Morgan fingerprint density at radius 1 is 0.963 bits per heavy atom. The van der Waals surface area contributed by atoms with Crippen LogP contribution in [0.25, 0.3) is 0 Å². The van der Waals surface area contributed by atoms with Crippen LogP contribution in [0, 0.1) is 0 Å². The molecule has 0 aromatic heterocycles. The summed E-state index contributed by atoms with van der Waals surface area (Å²) < 4.78 is 5.72. The van der Waals surface area contributed by atoms with Gasteiger partial charge in [-0.3, -0.25) is 4.79 Å². The first-order valence-electron chi connectivity index (χ1n) is 8.59. The summed E-state index contributed by atoms with van der Waals surface area (Å²) in [5, 5.41) is 4.14. The number of nitrogens with one attached hydrogen (secondary N) is 1. The summed E-state index contributed by atoms with van der Waals surface area (Å²) in [6, 6.07) is 24.2. The number of rotatable bonds is 6. The van der Waals surface area contributed by atoms with Gasteiger partial charge in [-0.15, -0.1) is 0 Å². The predicted molar refractivity (Wildman–Crippen MR) is 108 cm³/mol. The maximum absolute atomic E-state index is 12.3. The van der Waals surface area contributed by atoms with E-state index in [0.29, 0.717) is 29.3 Å². The third-order valence-electron chi connectivity index (χ3n) is 3.99. The average molecular weight is 359 g/mol. The summed E-state index contributed by atoms with van der Waals surface area (Å²) in [7, 11) is 0. The van der Waals surface area contributed by atoms with Crippen LogP contribution in [0.5, 0.6) is 5.75 Å². The molecule has 0 aliphatic heterocycles. The van der Waals surface area contributed by atoms with Crippen molar-refractivity contribution in [2.45, 2.75) is 13.5 Å². The number of nitrogens with two attached hydrogens (primary N) is 1. The highest BCUT2D eigenvalue weighted by atomic mass is 16.5. The van der Waals surface area contributed by atoms with Gasteiger partial charge in [-0.1, -0.05) is 42.5 Å². The number of hydrogen-bond donors (Lipinski definition) is 2. The SMILES string of the molecule is C/C(=N\NC(=O)c1ccc(OCc2ccccc2)cc1)c1cccc(N)c1. The van der Waals surface area contributed by atoms with E-state index in [1.54, 1.807) is 30.3 Å². The lowest BCUT2D eigenvalue weighted by molar-refractivity contribution is 0.0955. The van der Waals surface area contributed by atoms with Gasteiger partial charge >= 0.3 is 0 Å². The van der Waals surface area contributed by atoms with Crippen LogP contribution in [0.15, 0.2) is 84.0 Å². The molecule has 3 aromatic rings. The maximum atomic E-state index is 12.3. The maximum Gasteiger partial charge on any atom is 0.271 e. The van der Waals surface area contributed by atoms with Crippen molar-refractivity contribution in [1.29, 1.82) is 0 Å². The summed E-state index contributed by atoms with van der Waals surface area (Å²) in [6.45, 7) is 2.30. The fourth-order valence-corrected chi connectivity index (χ4v) is 2.47. The highest BCUT2D eigenvalue weighted by Crippen LogP contribution is 2.14. The lowest BCUT2D eigenvalue weighted by Gasteiger charge is -2.07. The van der Waals surface area contributed by atoms with Crippen LogP contribution >= 0.6 is 0 Å². The third kappa shape index (κ3) is 5.19. The molecule has 0 unspecified atom stereocenters. The van der Waals surface area contributed by atoms with Crippen LogP contribution in [-0.2, 0) is 6.61 Å². The largest absolute Gasteiger partial charge is 0.489 e. The van der Waals surface area contributed by atoms with Crippen molar-refractivity contribution in [2.75, 3.05) is 5.73 Å². The monoisotopic (exact) mass is 359 g/mol. The molecule has 0 radical (unpaired) electrons. The second kappa shape index (κ2) is 8.67. The standard InChI is InChI=1S/C22H21N3O2/c1-16(19-8-5-9-20(23)14-19)24-25-22(26)18-10-12-21(13-11-18)27-15-17-6-3-2-4-7-17/h2-14H,15,23H2,1H3,(H,25,26)/b24-16+. The van der Waals surface area contributed by atoms with Crippen LogP contribution in [0.2, 0.25) is 0 Å². The van der Waals surface area contributed by atoms with Gasteiger partial charge in [0.05, 0.1) is 5.71 Å². The molecule has 0 aliphatic carbocycles. The highest BCUT2D eigenvalue weighted by Gasteiger charge is 2.06. The van der Waals surface area contributed by atoms with Crippen LogP contribution in [0.4, 0.5) is 5.69 Å².